The molecule has 1 aromatic heterocycles. The molecule has 5 nitrogen and oxygen atoms in total. The van der Waals surface area contributed by atoms with E-state index < -0.39 is 11.9 Å². The van der Waals surface area contributed by atoms with Crippen LogP contribution in [0.15, 0.2) is 18.2 Å². The second kappa shape index (κ2) is 7.73. The number of rotatable bonds is 5. The summed E-state index contributed by atoms with van der Waals surface area (Å²) in [4.78, 5) is 27.4. The van der Waals surface area contributed by atoms with Gasteiger partial charge in [-0.1, -0.05) is 36.2 Å². The van der Waals surface area contributed by atoms with Crippen LogP contribution in [0, 0.1) is 18.3 Å². The molecule has 0 bridgehead atoms. The third-order valence-corrected chi connectivity index (χ3v) is 4.64. The molecule has 1 atom stereocenters. The quantitative estimate of drug-likeness (QED) is 0.757. The van der Waals surface area contributed by atoms with Gasteiger partial charge in [-0.3, -0.25) is 9.59 Å². The summed E-state index contributed by atoms with van der Waals surface area (Å²) in [7, 11) is 0. The molecule has 2 aromatic rings. The van der Waals surface area contributed by atoms with Gasteiger partial charge in [-0.25, -0.2) is 0 Å². The summed E-state index contributed by atoms with van der Waals surface area (Å²) in [5, 5.41) is 12.7. The summed E-state index contributed by atoms with van der Waals surface area (Å²) in [6.07, 6.45) is 0.520. The van der Waals surface area contributed by atoms with Crippen molar-refractivity contribution >= 4 is 34.9 Å². The van der Waals surface area contributed by atoms with Crippen molar-refractivity contribution in [2.45, 2.75) is 33.2 Å². The number of benzene rings is 1. The number of aromatic amines is 1. The fourth-order valence-electron chi connectivity index (χ4n) is 2.79. The Bertz CT molecular complexity index is 881. The molecule has 0 fully saturated rings. The van der Waals surface area contributed by atoms with Crippen LogP contribution in [0.4, 0.5) is 0 Å². The van der Waals surface area contributed by atoms with Gasteiger partial charge in [0.15, 0.2) is 5.78 Å². The highest BCUT2D eigenvalue weighted by atomic mass is 35.5. The zero-order chi connectivity index (χ0) is 18.7. The van der Waals surface area contributed by atoms with E-state index in [1.165, 1.54) is 6.92 Å². The lowest BCUT2D eigenvalue weighted by molar-refractivity contribution is 0.0939. The number of Topliss-reactive ketones (excluding diaryl/α,β-unsaturated/α-hetero) is 1. The molecule has 25 heavy (non-hydrogen) atoms. The first-order valence-electron chi connectivity index (χ1n) is 7.67. The van der Waals surface area contributed by atoms with Crippen LogP contribution in [0.5, 0.6) is 0 Å². The van der Waals surface area contributed by atoms with E-state index in [-0.39, 0.29) is 5.78 Å². The second-order valence-corrected chi connectivity index (χ2v) is 6.41. The molecule has 1 heterocycles. The van der Waals surface area contributed by atoms with Crippen LogP contribution in [0.2, 0.25) is 10.0 Å². The lowest BCUT2D eigenvalue weighted by Gasteiger charge is -2.13. The number of amides is 1. The first kappa shape index (κ1) is 19.0. The largest absolute Gasteiger partial charge is 0.354 e. The second-order valence-electron chi connectivity index (χ2n) is 5.60. The number of aromatic nitrogens is 1. The van der Waals surface area contributed by atoms with Crippen LogP contribution < -0.4 is 5.32 Å². The number of hydrogen-bond donors (Lipinski definition) is 2. The average Bonchev–Trinajstić information content (AvgIpc) is 2.91. The number of aryl methyl sites for hydroxylation is 1. The van der Waals surface area contributed by atoms with Gasteiger partial charge in [0.05, 0.1) is 16.1 Å². The van der Waals surface area contributed by atoms with Crippen LogP contribution in [-0.4, -0.2) is 16.7 Å². The third-order valence-electron chi connectivity index (χ3n) is 3.91. The highest BCUT2D eigenvalue weighted by Crippen LogP contribution is 2.26. The summed E-state index contributed by atoms with van der Waals surface area (Å²) in [6, 6.07) is 5.88. The Hall–Kier alpha value is -2.29. The standard InChI is InChI=1S/C18H17Cl2N3O2/c1-4-12-16(10(3)24)9(2)22-17(12)18(25)23-15(8-21)11-5-6-13(19)14(20)7-11/h5-7,15,22H,4H2,1-3H3,(H,23,25)/t15-/m0/s1. The molecular weight excluding hydrogens is 361 g/mol. The van der Waals surface area contributed by atoms with Crippen molar-refractivity contribution in [1.29, 1.82) is 5.26 Å². The molecule has 0 unspecified atom stereocenters. The van der Waals surface area contributed by atoms with Crippen molar-refractivity contribution in [3.8, 4) is 6.07 Å². The number of hydrogen-bond acceptors (Lipinski definition) is 3. The van der Waals surface area contributed by atoms with Crippen molar-refractivity contribution in [3.05, 3.63) is 56.3 Å². The molecule has 0 aliphatic rings. The lowest BCUT2D eigenvalue weighted by atomic mass is 10.0. The Balaban J connectivity index is 2.35. The van der Waals surface area contributed by atoms with Gasteiger partial charge >= 0.3 is 0 Å². The number of ketones is 1. The van der Waals surface area contributed by atoms with Gasteiger partial charge in [0.1, 0.15) is 11.7 Å². The van der Waals surface area contributed by atoms with E-state index in [1.807, 2.05) is 13.0 Å². The maximum Gasteiger partial charge on any atom is 0.269 e. The Kier molecular flexibility index (Phi) is 5.89. The lowest BCUT2D eigenvalue weighted by Crippen LogP contribution is -2.28. The molecule has 2 rings (SSSR count). The van der Waals surface area contributed by atoms with E-state index in [2.05, 4.69) is 10.3 Å². The van der Waals surface area contributed by atoms with Crippen molar-refractivity contribution in [2.75, 3.05) is 0 Å². The molecule has 7 heteroatoms. The number of carbonyl (C=O) groups excluding carboxylic acids is 2. The first-order valence-corrected chi connectivity index (χ1v) is 8.43. The van der Waals surface area contributed by atoms with E-state index in [1.54, 1.807) is 25.1 Å². The normalized spacial score (nSPS) is 11.7. The zero-order valence-corrected chi connectivity index (χ0v) is 15.5. The summed E-state index contributed by atoms with van der Waals surface area (Å²) in [5.41, 5.74) is 2.63. The van der Waals surface area contributed by atoms with Gasteiger partial charge in [0.2, 0.25) is 0 Å². The highest BCUT2D eigenvalue weighted by Gasteiger charge is 2.24. The molecular formula is C18H17Cl2N3O2. The number of nitrogens with zero attached hydrogens (tertiary/aromatic N) is 1. The predicted molar refractivity (Wildman–Crippen MR) is 97.2 cm³/mol. The molecule has 1 amide bonds. The first-order chi connectivity index (χ1) is 11.8. The maximum atomic E-state index is 12.6. The van der Waals surface area contributed by atoms with E-state index in [0.29, 0.717) is 44.5 Å². The van der Waals surface area contributed by atoms with Crippen LogP contribution >= 0.6 is 23.2 Å². The SMILES string of the molecule is CCc1c(C(=O)N[C@@H](C#N)c2ccc(Cl)c(Cl)c2)[nH]c(C)c1C(C)=O. The van der Waals surface area contributed by atoms with Crippen molar-refractivity contribution in [1.82, 2.24) is 10.3 Å². The Morgan fingerprint density at radius 3 is 2.52 bits per heavy atom. The average molecular weight is 378 g/mol. The summed E-state index contributed by atoms with van der Waals surface area (Å²) < 4.78 is 0. The van der Waals surface area contributed by atoms with Crippen molar-refractivity contribution in [2.24, 2.45) is 0 Å². The summed E-state index contributed by atoms with van der Waals surface area (Å²) in [5.74, 6) is -0.559. The maximum absolute atomic E-state index is 12.6. The van der Waals surface area contributed by atoms with E-state index in [9.17, 15) is 14.9 Å². The predicted octanol–water partition coefficient (Wildman–Crippen LogP) is 4.39. The molecule has 0 saturated carbocycles. The topological polar surface area (TPSA) is 85.8 Å². The monoisotopic (exact) mass is 377 g/mol. The number of nitriles is 1. The number of H-pyrrole nitrogens is 1. The number of carbonyl (C=O) groups is 2. The zero-order valence-electron chi connectivity index (χ0n) is 14.0. The van der Waals surface area contributed by atoms with E-state index in [4.69, 9.17) is 23.2 Å². The molecule has 0 spiro atoms. The van der Waals surface area contributed by atoms with Gasteiger partial charge in [0, 0.05) is 11.3 Å². The van der Waals surface area contributed by atoms with Crippen molar-refractivity contribution in [3.63, 3.8) is 0 Å². The third kappa shape index (κ3) is 3.87. The van der Waals surface area contributed by atoms with Gasteiger partial charge in [-0.05, 0) is 43.5 Å². The van der Waals surface area contributed by atoms with Gasteiger partial charge in [-0.2, -0.15) is 5.26 Å². The molecule has 130 valence electrons. The minimum Gasteiger partial charge on any atom is -0.354 e. The minimum atomic E-state index is -0.892. The van der Waals surface area contributed by atoms with Gasteiger partial charge in [-0.15, -0.1) is 0 Å². The van der Waals surface area contributed by atoms with Gasteiger partial charge < -0.3 is 10.3 Å². The van der Waals surface area contributed by atoms with Crippen LogP contribution in [-0.2, 0) is 6.42 Å². The molecule has 2 N–H and O–H groups in total. The fraction of sp³-hybridized carbons (Fsp3) is 0.278. The van der Waals surface area contributed by atoms with E-state index in [0.717, 1.165) is 0 Å². The Morgan fingerprint density at radius 1 is 1.32 bits per heavy atom. The Morgan fingerprint density at radius 2 is 2.00 bits per heavy atom. The fourth-order valence-corrected chi connectivity index (χ4v) is 3.09. The van der Waals surface area contributed by atoms with Crippen LogP contribution in [0.25, 0.3) is 0 Å². The van der Waals surface area contributed by atoms with Crippen LogP contribution in [0.1, 0.15) is 57.6 Å². The number of halogens is 2. The minimum absolute atomic E-state index is 0.106. The number of nitrogens with one attached hydrogen (secondary N) is 2. The highest BCUT2D eigenvalue weighted by molar-refractivity contribution is 6.42. The molecule has 0 radical (unpaired) electrons. The van der Waals surface area contributed by atoms with Crippen LogP contribution in [0.3, 0.4) is 0 Å². The molecule has 0 saturated heterocycles. The smallest absolute Gasteiger partial charge is 0.269 e. The van der Waals surface area contributed by atoms with Gasteiger partial charge in [0.25, 0.3) is 5.91 Å². The molecule has 0 aliphatic heterocycles. The molecule has 1 aromatic carbocycles. The summed E-state index contributed by atoms with van der Waals surface area (Å²) >= 11 is 11.9. The Labute approximate surface area is 155 Å². The molecule has 0 aliphatic carbocycles. The van der Waals surface area contributed by atoms with E-state index >= 15 is 0 Å². The summed E-state index contributed by atoms with van der Waals surface area (Å²) in [6.45, 7) is 5.07. The van der Waals surface area contributed by atoms with Crippen molar-refractivity contribution < 1.29 is 9.59 Å².